The van der Waals surface area contributed by atoms with Crippen LogP contribution < -0.4 is 4.90 Å². The molecule has 1 saturated heterocycles. The minimum Gasteiger partial charge on any atom is -0.381 e. The lowest BCUT2D eigenvalue weighted by Gasteiger charge is -2.34. The fraction of sp³-hybridized carbons (Fsp3) is 0.533. The van der Waals surface area contributed by atoms with Gasteiger partial charge in [-0.3, -0.25) is 0 Å². The number of rotatable bonds is 4. The van der Waals surface area contributed by atoms with Crippen molar-refractivity contribution in [1.82, 2.24) is 0 Å². The zero-order chi connectivity index (χ0) is 13.7. The highest BCUT2D eigenvalue weighted by Gasteiger charge is 2.20. The fourth-order valence-corrected chi connectivity index (χ4v) is 2.73. The van der Waals surface area contributed by atoms with Gasteiger partial charge in [0, 0.05) is 25.4 Å². The molecule has 0 amide bonds. The minimum atomic E-state index is 0.534. The molecule has 1 aliphatic rings. The number of nitriles is 1. The third-order valence-electron chi connectivity index (χ3n) is 3.51. The fourth-order valence-electron chi connectivity index (χ4n) is 2.51. The first kappa shape index (κ1) is 14.2. The van der Waals surface area contributed by atoms with E-state index in [1.54, 1.807) is 6.07 Å². The molecule has 0 spiro atoms. The monoisotopic (exact) mass is 278 g/mol. The zero-order valence-electron chi connectivity index (χ0n) is 11.2. The number of hydrogen-bond donors (Lipinski definition) is 0. The van der Waals surface area contributed by atoms with Gasteiger partial charge < -0.3 is 9.64 Å². The summed E-state index contributed by atoms with van der Waals surface area (Å²) in [5.74, 6) is 0.586. The Labute approximate surface area is 119 Å². The second-order valence-electron chi connectivity index (χ2n) is 4.89. The van der Waals surface area contributed by atoms with Crippen LogP contribution in [0.5, 0.6) is 0 Å². The molecule has 3 nitrogen and oxygen atoms in total. The maximum atomic E-state index is 8.89. The quantitative estimate of drug-likeness (QED) is 0.846. The van der Waals surface area contributed by atoms with Crippen molar-refractivity contribution in [3.05, 3.63) is 28.8 Å². The SMILES string of the molecule is CCOCC1CCCN(c2ccc(C#N)c(Cl)c2)C1. The van der Waals surface area contributed by atoms with Gasteiger partial charge in [0.1, 0.15) is 6.07 Å². The number of nitrogens with zero attached hydrogens (tertiary/aromatic N) is 2. The smallest absolute Gasteiger partial charge is 0.101 e. The van der Waals surface area contributed by atoms with E-state index in [1.165, 1.54) is 12.8 Å². The second-order valence-corrected chi connectivity index (χ2v) is 5.30. The molecule has 1 aromatic rings. The van der Waals surface area contributed by atoms with E-state index in [1.807, 2.05) is 19.1 Å². The molecule has 1 unspecified atom stereocenters. The summed E-state index contributed by atoms with van der Waals surface area (Å²) in [6, 6.07) is 7.76. The van der Waals surface area contributed by atoms with Crippen molar-refractivity contribution in [1.29, 1.82) is 5.26 Å². The summed E-state index contributed by atoms with van der Waals surface area (Å²) in [5.41, 5.74) is 1.64. The van der Waals surface area contributed by atoms with E-state index < -0.39 is 0 Å². The summed E-state index contributed by atoms with van der Waals surface area (Å²) in [6.07, 6.45) is 2.40. The van der Waals surface area contributed by atoms with Crippen LogP contribution in [0.15, 0.2) is 18.2 Å². The molecular formula is C15H19ClN2O. The van der Waals surface area contributed by atoms with Crippen molar-refractivity contribution >= 4 is 17.3 Å². The summed E-state index contributed by atoms with van der Waals surface area (Å²) in [5, 5.41) is 9.43. The highest BCUT2D eigenvalue weighted by atomic mass is 35.5. The van der Waals surface area contributed by atoms with Crippen LogP contribution in [0.2, 0.25) is 5.02 Å². The lowest BCUT2D eigenvalue weighted by atomic mass is 9.98. The lowest BCUT2D eigenvalue weighted by molar-refractivity contribution is 0.104. The van der Waals surface area contributed by atoms with E-state index in [0.717, 1.165) is 32.0 Å². The molecule has 0 N–H and O–H groups in total. The molecule has 0 saturated carbocycles. The molecule has 1 heterocycles. The van der Waals surface area contributed by atoms with Gasteiger partial charge in [-0.1, -0.05) is 11.6 Å². The number of halogens is 1. The van der Waals surface area contributed by atoms with Crippen molar-refractivity contribution in [2.45, 2.75) is 19.8 Å². The third kappa shape index (κ3) is 3.62. The zero-order valence-corrected chi connectivity index (χ0v) is 12.0. The van der Waals surface area contributed by atoms with Crippen LogP contribution in [0.3, 0.4) is 0 Å². The second kappa shape index (κ2) is 6.79. The van der Waals surface area contributed by atoms with Crippen molar-refractivity contribution in [3.8, 4) is 6.07 Å². The van der Waals surface area contributed by atoms with Gasteiger partial charge >= 0.3 is 0 Å². The summed E-state index contributed by atoms with van der Waals surface area (Å²) in [6.45, 7) is 5.68. The number of hydrogen-bond acceptors (Lipinski definition) is 3. The van der Waals surface area contributed by atoms with Crippen LogP contribution in [0.25, 0.3) is 0 Å². The molecule has 19 heavy (non-hydrogen) atoms. The topological polar surface area (TPSA) is 36.3 Å². The summed E-state index contributed by atoms with van der Waals surface area (Å²) in [7, 11) is 0. The molecule has 102 valence electrons. The maximum absolute atomic E-state index is 8.89. The Hall–Kier alpha value is -1.24. The number of anilines is 1. The van der Waals surface area contributed by atoms with Crippen LogP contribution in [-0.2, 0) is 4.74 Å². The highest BCUT2D eigenvalue weighted by Crippen LogP contribution is 2.27. The normalized spacial score (nSPS) is 19.2. The van der Waals surface area contributed by atoms with Gasteiger partial charge in [0.15, 0.2) is 0 Å². The predicted octanol–water partition coefficient (Wildman–Crippen LogP) is 3.46. The van der Waals surface area contributed by atoms with Crippen LogP contribution in [-0.4, -0.2) is 26.3 Å². The largest absolute Gasteiger partial charge is 0.381 e. The number of piperidine rings is 1. The highest BCUT2D eigenvalue weighted by molar-refractivity contribution is 6.32. The first-order valence-corrected chi connectivity index (χ1v) is 7.14. The lowest BCUT2D eigenvalue weighted by Crippen LogP contribution is -2.37. The third-order valence-corrected chi connectivity index (χ3v) is 3.83. The molecule has 1 atom stereocenters. The van der Waals surface area contributed by atoms with Gasteiger partial charge in [-0.25, -0.2) is 0 Å². The van der Waals surface area contributed by atoms with Crippen LogP contribution in [0, 0.1) is 17.2 Å². The molecule has 0 radical (unpaired) electrons. The predicted molar refractivity (Wildman–Crippen MR) is 77.6 cm³/mol. The number of ether oxygens (including phenoxy) is 1. The molecule has 0 aromatic heterocycles. The standard InChI is InChI=1S/C15H19ClN2O/c1-2-19-11-12-4-3-7-18(10-12)14-6-5-13(9-17)15(16)8-14/h5-6,8,12H,2-4,7,10-11H2,1H3. The Morgan fingerprint density at radius 1 is 1.53 bits per heavy atom. The molecule has 2 rings (SSSR count). The summed E-state index contributed by atoms with van der Waals surface area (Å²) >= 11 is 6.09. The van der Waals surface area contributed by atoms with Gasteiger partial charge in [-0.2, -0.15) is 5.26 Å². The van der Waals surface area contributed by atoms with Gasteiger partial charge in [0.05, 0.1) is 17.2 Å². The van der Waals surface area contributed by atoms with E-state index in [2.05, 4.69) is 11.0 Å². The minimum absolute atomic E-state index is 0.534. The molecule has 1 aliphatic heterocycles. The number of benzene rings is 1. The van der Waals surface area contributed by atoms with Crippen molar-refractivity contribution < 1.29 is 4.74 Å². The molecule has 0 bridgehead atoms. The maximum Gasteiger partial charge on any atom is 0.101 e. The Kier molecular flexibility index (Phi) is 5.07. The van der Waals surface area contributed by atoms with E-state index in [9.17, 15) is 0 Å². The van der Waals surface area contributed by atoms with Crippen molar-refractivity contribution in [2.24, 2.45) is 5.92 Å². The van der Waals surface area contributed by atoms with E-state index in [4.69, 9.17) is 21.6 Å². The Bertz CT molecular complexity index is 470. The molecule has 4 heteroatoms. The Morgan fingerprint density at radius 3 is 3.05 bits per heavy atom. The van der Waals surface area contributed by atoms with E-state index in [0.29, 0.717) is 16.5 Å². The summed E-state index contributed by atoms with van der Waals surface area (Å²) in [4.78, 5) is 2.33. The van der Waals surface area contributed by atoms with Gasteiger partial charge in [0.2, 0.25) is 0 Å². The van der Waals surface area contributed by atoms with Gasteiger partial charge in [0.25, 0.3) is 0 Å². The van der Waals surface area contributed by atoms with Gasteiger partial charge in [-0.15, -0.1) is 0 Å². The Balaban J connectivity index is 2.05. The van der Waals surface area contributed by atoms with E-state index in [-0.39, 0.29) is 0 Å². The molecule has 1 aromatic carbocycles. The van der Waals surface area contributed by atoms with E-state index >= 15 is 0 Å². The first-order valence-electron chi connectivity index (χ1n) is 6.77. The first-order chi connectivity index (χ1) is 9.24. The molecule has 1 fully saturated rings. The van der Waals surface area contributed by atoms with Crippen molar-refractivity contribution in [2.75, 3.05) is 31.2 Å². The Morgan fingerprint density at radius 2 is 2.37 bits per heavy atom. The average molecular weight is 279 g/mol. The van der Waals surface area contributed by atoms with Crippen molar-refractivity contribution in [3.63, 3.8) is 0 Å². The molecular weight excluding hydrogens is 260 g/mol. The van der Waals surface area contributed by atoms with Crippen LogP contribution in [0.1, 0.15) is 25.3 Å². The van der Waals surface area contributed by atoms with Crippen LogP contribution in [0.4, 0.5) is 5.69 Å². The molecule has 0 aliphatic carbocycles. The van der Waals surface area contributed by atoms with Gasteiger partial charge in [-0.05, 0) is 43.9 Å². The van der Waals surface area contributed by atoms with Crippen LogP contribution >= 0.6 is 11.6 Å². The average Bonchev–Trinajstić information content (AvgIpc) is 2.45. The summed E-state index contributed by atoms with van der Waals surface area (Å²) < 4.78 is 5.52.